The fourth-order valence-corrected chi connectivity index (χ4v) is 2.35. The molecule has 0 aliphatic rings. The standard InChI is InChI=1S/C17H29NO2/c1-4-5-7-18(9-10-19)8-6-11-20-17-13-15(2)12-16(3)14-17/h12-14,19H,4-11H2,1-3H3. The number of hydrogen-bond donors (Lipinski definition) is 1. The van der Waals surface area contributed by atoms with Crippen molar-refractivity contribution in [2.75, 3.05) is 32.8 Å². The van der Waals surface area contributed by atoms with Crippen LogP contribution >= 0.6 is 0 Å². The zero-order chi connectivity index (χ0) is 14.8. The van der Waals surface area contributed by atoms with Crippen LogP contribution in [-0.4, -0.2) is 42.9 Å². The van der Waals surface area contributed by atoms with E-state index in [2.05, 4.69) is 43.9 Å². The molecule has 0 spiro atoms. The largest absolute Gasteiger partial charge is 0.494 e. The van der Waals surface area contributed by atoms with Gasteiger partial charge in [0.1, 0.15) is 5.75 Å². The Morgan fingerprint density at radius 1 is 1.00 bits per heavy atom. The van der Waals surface area contributed by atoms with E-state index in [0.717, 1.165) is 38.4 Å². The SMILES string of the molecule is CCCCN(CCO)CCCOc1cc(C)cc(C)c1. The van der Waals surface area contributed by atoms with E-state index >= 15 is 0 Å². The number of aryl methyl sites for hydroxylation is 2. The minimum absolute atomic E-state index is 0.238. The van der Waals surface area contributed by atoms with Crippen LogP contribution < -0.4 is 4.74 Å². The molecule has 0 fully saturated rings. The summed E-state index contributed by atoms with van der Waals surface area (Å²) < 4.78 is 5.81. The zero-order valence-electron chi connectivity index (χ0n) is 13.2. The second-order valence-electron chi connectivity index (χ2n) is 5.44. The van der Waals surface area contributed by atoms with E-state index in [-0.39, 0.29) is 6.61 Å². The lowest BCUT2D eigenvalue weighted by atomic mass is 10.1. The Morgan fingerprint density at radius 3 is 2.25 bits per heavy atom. The van der Waals surface area contributed by atoms with Gasteiger partial charge in [0, 0.05) is 13.1 Å². The van der Waals surface area contributed by atoms with Crippen molar-refractivity contribution >= 4 is 0 Å². The van der Waals surface area contributed by atoms with E-state index in [1.54, 1.807) is 0 Å². The molecule has 0 heterocycles. The van der Waals surface area contributed by atoms with Gasteiger partial charge in [-0.1, -0.05) is 19.4 Å². The number of rotatable bonds is 10. The molecule has 3 heteroatoms. The maximum Gasteiger partial charge on any atom is 0.119 e. The lowest BCUT2D eigenvalue weighted by Gasteiger charge is -2.21. The van der Waals surface area contributed by atoms with Crippen molar-refractivity contribution in [2.24, 2.45) is 0 Å². The fourth-order valence-electron chi connectivity index (χ4n) is 2.35. The van der Waals surface area contributed by atoms with Crippen molar-refractivity contribution in [3.63, 3.8) is 0 Å². The number of unbranched alkanes of at least 4 members (excludes halogenated alkanes) is 1. The van der Waals surface area contributed by atoms with Gasteiger partial charge >= 0.3 is 0 Å². The topological polar surface area (TPSA) is 32.7 Å². The molecule has 1 N–H and O–H groups in total. The highest BCUT2D eigenvalue weighted by molar-refractivity contribution is 5.32. The molecular weight excluding hydrogens is 250 g/mol. The highest BCUT2D eigenvalue weighted by Crippen LogP contribution is 2.16. The molecule has 1 aromatic rings. The Bertz CT molecular complexity index is 359. The van der Waals surface area contributed by atoms with Crippen molar-refractivity contribution in [1.82, 2.24) is 4.90 Å². The zero-order valence-corrected chi connectivity index (χ0v) is 13.2. The number of benzene rings is 1. The Hall–Kier alpha value is -1.06. The summed E-state index contributed by atoms with van der Waals surface area (Å²) in [6.07, 6.45) is 3.38. The van der Waals surface area contributed by atoms with Gasteiger partial charge < -0.3 is 14.7 Å². The first-order valence-electron chi connectivity index (χ1n) is 7.70. The van der Waals surface area contributed by atoms with Gasteiger partial charge in [-0.05, 0) is 56.5 Å². The molecule has 1 rings (SSSR count). The summed E-state index contributed by atoms with van der Waals surface area (Å²) in [4.78, 5) is 2.31. The average Bonchev–Trinajstić information content (AvgIpc) is 2.39. The first kappa shape index (κ1) is 17.0. The van der Waals surface area contributed by atoms with Crippen LogP contribution in [0.4, 0.5) is 0 Å². The third-order valence-electron chi connectivity index (χ3n) is 3.33. The van der Waals surface area contributed by atoms with Crippen LogP contribution in [-0.2, 0) is 0 Å². The van der Waals surface area contributed by atoms with Gasteiger partial charge in [-0.3, -0.25) is 0 Å². The first-order chi connectivity index (χ1) is 9.65. The van der Waals surface area contributed by atoms with Gasteiger partial charge in [0.15, 0.2) is 0 Å². The summed E-state index contributed by atoms with van der Waals surface area (Å²) in [5.74, 6) is 0.963. The molecule has 0 aromatic heterocycles. The van der Waals surface area contributed by atoms with E-state index in [1.165, 1.54) is 24.0 Å². The molecule has 0 aliphatic heterocycles. The highest BCUT2D eigenvalue weighted by Gasteiger charge is 2.03. The summed E-state index contributed by atoms with van der Waals surface area (Å²) in [6, 6.07) is 6.31. The van der Waals surface area contributed by atoms with E-state index in [0.29, 0.717) is 0 Å². The summed E-state index contributed by atoms with van der Waals surface area (Å²) in [7, 11) is 0. The van der Waals surface area contributed by atoms with E-state index in [1.807, 2.05) is 0 Å². The van der Waals surface area contributed by atoms with Crippen LogP contribution in [0.3, 0.4) is 0 Å². The number of aliphatic hydroxyl groups is 1. The monoisotopic (exact) mass is 279 g/mol. The molecule has 0 amide bonds. The number of nitrogens with zero attached hydrogens (tertiary/aromatic N) is 1. The van der Waals surface area contributed by atoms with E-state index < -0.39 is 0 Å². The van der Waals surface area contributed by atoms with Gasteiger partial charge in [0.25, 0.3) is 0 Å². The summed E-state index contributed by atoms with van der Waals surface area (Å²) >= 11 is 0. The fraction of sp³-hybridized carbons (Fsp3) is 0.647. The van der Waals surface area contributed by atoms with Crippen LogP contribution in [0.5, 0.6) is 5.75 Å². The van der Waals surface area contributed by atoms with Crippen molar-refractivity contribution in [1.29, 1.82) is 0 Å². The Morgan fingerprint density at radius 2 is 1.65 bits per heavy atom. The lowest BCUT2D eigenvalue weighted by molar-refractivity contribution is 0.181. The predicted molar refractivity (Wildman–Crippen MR) is 84.5 cm³/mol. The van der Waals surface area contributed by atoms with Gasteiger partial charge in [0.05, 0.1) is 13.2 Å². The summed E-state index contributed by atoms with van der Waals surface area (Å²) in [5.41, 5.74) is 2.48. The highest BCUT2D eigenvalue weighted by atomic mass is 16.5. The van der Waals surface area contributed by atoms with Crippen molar-refractivity contribution < 1.29 is 9.84 Å². The predicted octanol–water partition coefficient (Wildman–Crippen LogP) is 3.17. The number of ether oxygens (including phenoxy) is 1. The van der Waals surface area contributed by atoms with Crippen LogP contribution in [0.1, 0.15) is 37.3 Å². The molecule has 20 heavy (non-hydrogen) atoms. The Balaban J connectivity index is 2.28. The third-order valence-corrected chi connectivity index (χ3v) is 3.33. The minimum Gasteiger partial charge on any atom is -0.494 e. The van der Waals surface area contributed by atoms with Crippen LogP contribution in [0.25, 0.3) is 0 Å². The average molecular weight is 279 g/mol. The van der Waals surface area contributed by atoms with Crippen molar-refractivity contribution in [3.05, 3.63) is 29.3 Å². The lowest BCUT2D eigenvalue weighted by Crippen LogP contribution is -2.30. The molecule has 0 bridgehead atoms. The van der Waals surface area contributed by atoms with E-state index in [9.17, 15) is 0 Å². The number of aliphatic hydroxyl groups excluding tert-OH is 1. The van der Waals surface area contributed by atoms with Crippen LogP contribution in [0.15, 0.2) is 18.2 Å². The molecule has 1 aromatic carbocycles. The van der Waals surface area contributed by atoms with Crippen molar-refractivity contribution in [3.8, 4) is 5.75 Å². The Labute approximate surface area is 123 Å². The van der Waals surface area contributed by atoms with Gasteiger partial charge in [0.2, 0.25) is 0 Å². The Kier molecular flexibility index (Phi) is 8.31. The van der Waals surface area contributed by atoms with Gasteiger partial charge in [-0.15, -0.1) is 0 Å². The smallest absolute Gasteiger partial charge is 0.119 e. The van der Waals surface area contributed by atoms with E-state index in [4.69, 9.17) is 9.84 Å². The summed E-state index contributed by atoms with van der Waals surface area (Å²) in [6.45, 7) is 10.2. The summed E-state index contributed by atoms with van der Waals surface area (Å²) in [5, 5.41) is 9.06. The third kappa shape index (κ3) is 6.92. The second kappa shape index (κ2) is 9.78. The molecule has 3 nitrogen and oxygen atoms in total. The van der Waals surface area contributed by atoms with Gasteiger partial charge in [-0.25, -0.2) is 0 Å². The molecule has 114 valence electrons. The van der Waals surface area contributed by atoms with Gasteiger partial charge in [-0.2, -0.15) is 0 Å². The normalized spacial score (nSPS) is 11.1. The molecule has 0 atom stereocenters. The van der Waals surface area contributed by atoms with Crippen molar-refractivity contribution in [2.45, 2.75) is 40.0 Å². The van der Waals surface area contributed by atoms with Crippen LogP contribution in [0.2, 0.25) is 0 Å². The second-order valence-corrected chi connectivity index (χ2v) is 5.44. The molecule has 0 aliphatic carbocycles. The minimum atomic E-state index is 0.238. The number of hydrogen-bond acceptors (Lipinski definition) is 3. The molecule has 0 unspecified atom stereocenters. The molecule has 0 saturated heterocycles. The van der Waals surface area contributed by atoms with Crippen LogP contribution in [0, 0.1) is 13.8 Å². The molecular formula is C17H29NO2. The molecule has 0 saturated carbocycles. The first-order valence-corrected chi connectivity index (χ1v) is 7.70. The maximum atomic E-state index is 9.06. The maximum absolute atomic E-state index is 9.06. The molecule has 0 radical (unpaired) electrons. The quantitative estimate of drug-likeness (QED) is 0.668.